The summed E-state index contributed by atoms with van der Waals surface area (Å²) in [5.74, 6) is -0.691. The second-order valence-electron chi connectivity index (χ2n) is 10.0. The zero-order valence-electron chi connectivity index (χ0n) is 21.4. The molecule has 1 saturated heterocycles. The van der Waals surface area contributed by atoms with Crippen molar-refractivity contribution >= 4 is 22.8 Å². The molecule has 1 aliphatic heterocycles. The molecular weight excluding hydrogens is 516 g/mol. The molecule has 1 amide bonds. The fraction of sp³-hybridized carbons (Fsp3) is 0.276. The van der Waals surface area contributed by atoms with Crippen LogP contribution in [0.1, 0.15) is 25.7 Å². The minimum Gasteiger partial charge on any atom is -0.457 e. The van der Waals surface area contributed by atoms with Crippen LogP contribution >= 0.6 is 0 Å². The number of rotatable bonds is 7. The lowest BCUT2D eigenvalue weighted by Crippen LogP contribution is -2.39. The summed E-state index contributed by atoms with van der Waals surface area (Å²) in [4.78, 5) is 23.5. The molecule has 1 saturated carbocycles. The fourth-order valence-electron chi connectivity index (χ4n) is 5.07. The summed E-state index contributed by atoms with van der Waals surface area (Å²) >= 11 is 0. The number of anilines is 1. The van der Waals surface area contributed by atoms with E-state index < -0.39 is 11.6 Å². The van der Waals surface area contributed by atoms with Crippen LogP contribution in [0.3, 0.4) is 0 Å². The molecule has 6 rings (SSSR count). The quantitative estimate of drug-likeness (QED) is 0.258. The van der Waals surface area contributed by atoms with Gasteiger partial charge in [0.1, 0.15) is 52.6 Å². The Morgan fingerprint density at radius 3 is 2.55 bits per heavy atom. The lowest BCUT2D eigenvalue weighted by atomic mass is 10.1. The number of halogens is 2. The number of aromatic nitrogens is 4. The van der Waals surface area contributed by atoms with Crippen LogP contribution in [0, 0.1) is 28.9 Å². The van der Waals surface area contributed by atoms with E-state index in [1.807, 2.05) is 0 Å². The van der Waals surface area contributed by atoms with Crippen molar-refractivity contribution in [1.29, 1.82) is 5.26 Å². The Morgan fingerprint density at radius 1 is 1.10 bits per heavy atom. The number of hydrogen-bond acceptors (Lipinski definition) is 7. The maximum Gasteiger partial charge on any atom is 0.264 e. The van der Waals surface area contributed by atoms with E-state index in [1.165, 1.54) is 6.33 Å². The highest BCUT2D eigenvalue weighted by Crippen LogP contribution is 2.34. The van der Waals surface area contributed by atoms with E-state index in [0.717, 1.165) is 43.9 Å². The Kier molecular flexibility index (Phi) is 6.59. The van der Waals surface area contributed by atoms with E-state index in [2.05, 4.69) is 16.0 Å². The second kappa shape index (κ2) is 10.4. The molecular formula is C29H25F2N7O2. The van der Waals surface area contributed by atoms with Crippen molar-refractivity contribution in [2.75, 3.05) is 12.3 Å². The number of benzene rings is 2. The van der Waals surface area contributed by atoms with Crippen LogP contribution in [0.15, 0.2) is 60.4 Å². The van der Waals surface area contributed by atoms with Crippen molar-refractivity contribution in [2.24, 2.45) is 5.92 Å². The molecule has 40 heavy (non-hydrogen) atoms. The van der Waals surface area contributed by atoms with Gasteiger partial charge in [0.25, 0.3) is 5.91 Å². The minimum atomic E-state index is -0.732. The Balaban J connectivity index is 1.28. The Hall–Kier alpha value is -4.85. The first-order valence-corrected chi connectivity index (χ1v) is 13.0. The zero-order valence-corrected chi connectivity index (χ0v) is 21.4. The molecule has 3 heterocycles. The molecule has 1 atom stereocenters. The fourth-order valence-corrected chi connectivity index (χ4v) is 5.07. The summed E-state index contributed by atoms with van der Waals surface area (Å²) in [6, 6.07) is 11.8. The van der Waals surface area contributed by atoms with E-state index in [4.69, 9.17) is 15.6 Å². The molecule has 4 aromatic rings. The Morgan fingerprint density at radius 2 is 1.85 bits per heavy atom. The third-order valence-electron chi connectivity index (χ3n) is 7.16. The van der Waals surface area contributed by atoms with E-state index in [-0.39, 0.29) is 29.1 Å². The molecule has 0 radical (unpaired) electrons. The predicted octanol–water partition coefficient (Wildman–Crippen LogP) is 5.00. The van der Waals surface area contributed by atoms with Crippen LogP contribution in [0.5, 0.6) is 11.5 Å². The third-order valence-corrected chi connectivity index (χ3v) is 7.16. The molecule has 0 spiro atoms. The molecule has 2 aromatic carbocycles. The normalized spacial score (nSPS) is 17.3. The number of nitrogens with zero attached hydrogens (tertiary/aromatic N) is 6. The summed E-state index contributed by atoms with van der Waals surface area (Å²) in [5, 5.41) is 15.0. The van der Waals surface area contributed by atoms with Crippen LogP contribution in [0.2, 0.25) is 0 Å². The number of allylic oxidation sites excluding steroid dienone is 1. The van der Waals surface area contributed by atoms with Crippen molar-refractivity contribution in [1.82, 2.24) is 24.6 Å². The van der Waals surface area contributed by atoms with Gasteiger partial charge in [-0.3, -0.25) is 4.79 Å². The van der Waals surface area contributed by atoms with Gasteiger partial charge in [-0.05, 0) is 55.9 Å². The first-order chi connectivity index (χ1) is 19.4. The van der Waals surface area contributed by atoms with Gasteiger partial charge >= 0.3 is 0 Å². The van der Waals surface area contributed by atoms with Gasteiger partial charge in [0.2, 0.25) is 0 Å². The second-order valence-corrected chi connectivity index (χ2v) is 10.0. The molecule has 0 unspecified atom stereocenters. The van der Waals surface area contributed by atoms with Crippen molar-refractivity contribution in [3.8, 4) is 28.8 Å². The number of carbonyl (C=O) groups is 1. The molecule has 9 nitrogen and oxygen atoms in total. The maximum atomic E-state index is 13.5. The Labute approximate surface area is 228 Å². The smallest absolute Gasteiger partial charge is 0.264 e. The van der Waals surface area contributed by atoms with Crippen LogP contribution in [-0.2, 0) is 11.3 Å². The van der Waals surface area contributed by atoms with E-state index in [9.17, 15) is 18.8 Å². The summed E-state index contributed by atoms with van der Waals surface area (Å²) < 4.78 is 34.4. The number of ether oxygens (including phenoxy) is 1. The van der Waals surface area contributed by atoms with Gasteiger partial charge in [-0.25, -0.2) is 23.4 Å². The number of hydrogen-bond donors (Lipinski definition) is 1. The van der Waals surface area contributed by atoms with Crippen LogP contribution in [0.25, 0.3) is 22.3 Å². The van der Waals surface area contributed by atoms with Crippen LogP contribution < -0.4 is 10.5 Å². The molecule has 2 N–H and O–H groups in total. The molecule has 11 heteroatoms. The summed E-state index contributed by atoms with van der Waals surface area (Å²) in [6.07, 6.45) is 6.81. The topological polar surface area (TPSA) is 123 Å². The van der Waals surface area contributed by atoms with Gasteiger partial charge in [0.15, 0.2) is 5.65 Å². The SMILES string of the molecule is N#CC(=CC1CC1)C(=O)N1CCC[C@@H]1Cn1nc(-c2ccc(Oc3cc(F)cc(F)c3)cc2)c2c(N)ncnc21. The van der Waals surface area contributed by atoms with Gasteiger partial charge in [-0.15, -0.1) is 0 Å². The minimum absolute atomic E-state index is 0.0415. The number of nitrogens with two attached hydrogens (primary N) is 1. The van der Waals surface area contributed by atoms with E-state index >= 15 is 0 Å². The standard InChI is InChI=1S/C29H25F2N7O2/c30-20-11-21(31)13-24(12-20)40-23-7-5-18(6-8-23)26-25-27(33)34-16-35-28(25)38(36-26)15-22-2-1-9-37(22)29(39)19(14-32)10-17-3-4-17/h5-8,10-13,16-17,22H,1-4,9,15H2,(H2,33,34,35)/t22-/m1/s1. The highest BCUT2D eigenvalue weighted by atomic mass is 19.1. The number of carbonyl (C=O) groups excluding carboxylic acids is 1. The molecule has 2 aromatic heterocycles. The Bertz CT molecular complexity index is 1650. The molecule has 2 aliphatic rings. The van der Waals surface area contributed by atoms with Crippen molar-refractivity contribution in [2.45, 2.75) is 38.3 Å². The van der Waals surface area contributed by atoms with Crippen LogP contribution in [-0.4, -0.2) is 43.1 Å². The van der Waals surface area contributed by atoms with Gasteiger partial charge in [-0.2, -0.15) is 10.4 Å². The van der Waals surface area contributed by atoms with Gasteiger partial charge in [-0.1, -0.05) is 6.08 Å². The highest BCUT2D eigenvalue weighted by molar-refractivity contribution is 5.99. The molecule has 1 aliphatic carbocycles. The van der Waals surface area contributed by atoms with Crippen LogP contribution in [0.4, 0.5) is 14.6 Å². The highest BCUT2D eigenvalue weighted by Gasteiger charge is 2.33. The summed E-state index contributed by atoms with van der Waals surface area (Å²) in [6.45, 7) is 0.959. The maximum absolute atomic E-state index is 13.5. The monoisotopic (exact) mass is 541 g/mol. The predicted molar refractivity (Wildman–Crippen MR) is 143 cm³/mol. The largest absolute Gasteiger partial charge is 0.457 e. The number of nitrogen functional groups attached to an aromatic ring is 1. The molecule has 0 bridgehead atoms. The van der Waals surface area contributed by atoms with Crippen molar-refractivity contribution < 1.29 is 18.3 Å². The number of likely N-dealkylation sites (tertiary alicyclic amines) is 1. The number of amides is 1. The third kappa shape index (κ3) is 5.08. The lowest BCUT2D eigenvalue weighted by molar-refractivity contribution is -0.127. The first-order valence-electron chi connectivity index (χ1n) is 13.0. The van der Waals surface area contributed by atoms with Crippen molar-refractivity contribution in [3.05, 3.63) is 72.1 Å². The van der Waals surface area contributed by atoms with E-state index in [0.29, 0.717) is 47.0 Å². The first kappa shape index (κ1) is 25.4. The zero-order chi connectivity index (χ0) is 27.8. The molecule has 2 fully saturated rings. The van der Waals surface area contributed by atoms with Gasteiger partial charge in [0.05, 0.1) is 18.0 Å². The average molecular weight is 542 g/mol. The summed E-state index contributed by atoms with van der Waals surface area (Å²) in [7, 11) is 0. The van der Waals surface area contributed by atoms with E-state index in [1.54, 1.807) is 39.9 Å². The number of nitriles is 1. The van der Waals surface area contributed by atoms with Crippen molar-refractivity contribution in [3.63, 3.8) is 0 Å². The van der Waals surface area contributed by atoms with Gasteiger partial charge in [0, 0.05) is 30.3 Å². The van der Waals surface area contributed by atoms with Gasteiger partial charge < -0.3 is 15.4 Å². The number of fused-ring (bicyclic) bond motifs is 1. The molecule has 202 valence electrons. The lowest BCUT2D eigenvalue weighted by Gasteiger charge is -2.24. The average Bonchev–Trinajstić information content (AvgIpc) is 3.51. The summed E-state index contributed by atoms with van der Waals surface area (Å²) in [5.41, 5.74) is 8.26.